The number of carbonyl (C=O) groups excluding carboxylic acids is 1. The molecule has 0 spiro atoms. The van der Waals surface area contributed by atoms with E-state index in [0.29, 0.717) is 40.3 Å². The number of thioether (sulfide) groups is 1. The molecular weight excluding hydrogens is 438 g/mol. The Labute approximate surface area is 197 Å². The third-order valence-corrected chi connectivity index (χ3v) is 5.79. The topological polar surface area (TPSA) is 102 Å². The maximum Gasteiger partial charge on any atom is 0.237 e. The van der Waals surface area contributed by atoms with Crippen LogP contribution in [-0.4, -0.2) is 33.0 Å². The molecule has 33 heavy (non-hydrogen) atoms. The Hall–Kier alpha value is -3.77. The third-order valence-electron chi connectivity index (χ3n) is 4.71. The van der Waals surface area contributed by atoms with Crippen molar-refractivity contribution >= 4 is 23.4 Å². The second-order valence-electron chi connectivity index (χ2n) is 7.12. The molecule has 3 rings (SSSR count). The van der Waals surface area contributed by atoms with Gasteiger partial charge in [-0.15, -0.1) is 16.8 Å². The first-order valence-corrected chi connectivity index (χ1v) is 11.2. The number of nitriles is 1. The number of nitrogens with one attached hydrogen (secondary N) is 1. The van der Waals surface area contributed by atoms with Crippen LogP contribution in [-0.2, 0) is 11.3 Å². The van der Waals surface area contributed by atoms with Gasteiger partial charge >= 0.3 is 0 Å². The molecule has 3 aromatic rings. The summed E-state index contributed by atoms with van der Waals surface area (Å²) in [5.41, 5.74) is 1.16. The van der Waals surface area contributed by atoms with E-state index >= 15 is 0 Å². The van der Waals surface area contributed by atoms with Crippen LogP contribution in [0, 0.1) is 11.3 Å². The number of amides is 1. The van der Waals surface area contributed by atoms with Crippen molar-refractivity contribution in [2.24, 2.45) is 0 Å². The molecule has 0 radical (unpaired) electrons. The number of ether oxygens (including phenoxy) is 2. The zero-order valence-electron chi connectivity index (χ0n) is 18.7. The standard InChI is InChI=1S/C24H25N5O3S/c1-5-13-29-22(16(2)32-21-8-6-7-20(14-21)31-4)27-28-24(29)33-17(3)23(30)26-19-11-9-18(15-25)10-12-19/h5-12,14,16-17H,1,13H2,2-4H3,(H,26,30). The van der Waals surface area contributed by atoms with Gasteiger partial charge in [-0.2, -0.15) is 5.26 Å². The number of aromatic nitrogens is 3. The van der Waals surface area contributed by atoms with Gasteiger partial charge in [0.15, 0.2) is 17.1 Å². The highest BCUT2D eigenvalue weighted by Gasteiger charge is 2.23. The minimum absolute atomic E-state index is 0.180. The van der Waals surface area contributed by atoms with E-state index in [9.17, 15) is 4.79 Å². The molecule has 0 saturated carbocycles. The first kappa shape index (κ1) is 23.9. The number of hydrogen-bond acceptors (Lipinski definition) is 7. The quantitative estimate of drug-likeness (QED) is 0.346. The molecule has 0 aliphatic carbocycles. The van der Waals surface area contributed by atoms with Crippen LogP contribution in [0.2, 0.25) is 0 Å². The van der Waals surface area contributed by atoms with E-state index in [2.05, 4.69) is 28.2 Å². The lowest BCUT2D eigenvalue weighted by molar-refractivity contribution is -0.115. The monoisotopic (exact) mass is 463 g/mol. The van der Waals surface area contributed by atoms with Gasteiger partial charge in [0.05, 0.1) is 24.0 Å². The van der Waals surface area contributed by atoms with E-state index in [-0.39, 0.29) is 12.0 Å². The predicted molar refractivity (Wildman–Crippen MR) is 127 cm³/mol. The van der Waals surface area contributed by atoms with Crippen molar-refractivity contribution < 1.29 is 14.3 Å². The van der Waals surface area contributed by atoms with Gasteiger partial charge in [0.25, 0.3) is 0 Å². The molecule has 2 aromatic carbocycles. The minimum Gasteiger partial charge on any atom is -0.497 e. The van der Waals surface area contributed by atoms with Crippen LogP contribution in [0.5, 0.6) is 11.5 Å². The fourth-order valence-electron chi connectivity index (χ4n) is 3.00. The molecule has 8 nitrogen and oxygen atoms in total. The van der Waals surface area contributed by atoms with E-state index in [1.165, 1.54) is 11.8 Å². The fourth-order valence-corrected chi connectivity index (χ4v) is 3.87. The number of allylic oxidation sites excluding steroid dienone is 1. The Morgan fingerprint density at radius 1 is 1.24 bits per heavy atom. The second kappa shape index (κ2) is 11.2. The molecule has 1 amide bonds. The molecule has 0 aliphatic heterocycles. The van der Waals surface area contributed by atoms with Crippen LogP contribution in [0.4, 0.5) is 5.69 Å². The summed E-state index contributed by atoms with van der Waals surface area (Å²) in [7, 11) is 1.60. The van der Waals surface area contributed by atoms with Gasteiger partial charge < -0.3 is 14.8 Å². The Kier molecular flexibility index (Phi) is 8.11. The number of carbonyl (C=O) groups is 1. The van der Waals surface area contributed by atoms with Crippen LogP contribution in [0.1, 0.15) is 31.3 Å². The van der Waals surface area contributed by atoms with E-state index in [1.54, 1.807) is 50.4 Å². The molecule has 1 aromatic heterocycles. The average Bonchev–Trinajstić information content (AvgIpc) is 3.22. The number of hydrogen-bond donors (Lipinski definition) is 1. The van der Waals surface area contributed by atoms with Crippen molar-refractivity contribution in [3.63, 3.8) is 0 Å². The highest BCUT2D eigenvalue weighted by atomic mass is 32.2. The molecular formula is C24H25N5O3S. The molecule has 170 valence electrons. The Bertz CT molecular complexity index is 1150. The lowest BCUT2D eigenvalue weighted by atomic mass is 10.2. The number of anilines is 1. The molecule has 0 aliphatic rings. The van der Waals surface area contributed by atoms with Gasteiger partial charge in [0.2, 0.25) is 5.91 Å². The van der Waals surface area contributed by atoms with Gasteiger partial charge in [0, 0.05) is 18.3 Å². The predicted octanol–water partition coefficient (Wildman–Crippen LogP) is 4.60. The molecule has 0 fully saturated rings. The van der Waals surface area contributed by atoms with E-state index < -0.39 is 5.25 Å². The van der Waals surface area contributed by atoms with E-state index in [1.807, 2.05) is 29.7 Å². The molecule has 0 saturated heterocycles. The highest BCUT2D eigenvalue weighted by molar-refractivity contribution is 8.00. The molecule has 2 atom stereocenters. The van der Waals surface area contributed by atoms with Crippen molar-refractivity contribution in [2.45, 2.75) is 36.9 Å². The molecule has 9 heteroatoms. The van der Waals surface area contributed by atoms with Crippen molar-refractivity contribution in [1.29, 1.82) is 5.26 Å². The lowest BCUT2D eigenvalue weighted by Crippen LogP contribution is -2.23. The Morgan fingerprint density at radius 3 is 2.64 bits per heavy atom. The number of benzene rings is 2. The van der Waals surface area contributed by atoms with E-state index in [4.69, 9.17) is 14.7 Å². The van der Waals surface area contributed by atoms with Crippen molar-refractivity contribution in [2.75, 3.05) is 12.4 Å². The highest BCUT2D eigenvalue weighted by Crippen LogP contribution is 2.28. The lowest BCUT2D eigenvalue weighted by Gasteiger charge is -2.17. The largest absolute Gasteiger partial charge is 0.497 e. The zero-order valence-corrected chi connectivity index (χ0v) is 19.5. The summed E-state index contributed by atoms with van der Waals surface area (Å²) in [6.07, 6.45) is 1.36. The maximum absolute atomic E-state index is 12.7. The van der Waals surface area contributed by atoms with Crippen LogP contribution < -0.4 is 14.8 Å². The second-order valence-corrected chi connectivity index (χ2v) is 8.43. The van der Waals surface area contributed by atoms with E-state index in [0.717, 1.165) is 0 Å². The molecule has 0 bridgehead atoms. The summed E-state index contributed by atoms with van der Waals surface area (Å²) in [6, 6.07) is 16.1. The normalized spacial score (nSPS) is 12.3. The van der Waals surface area contributed by atoms with Crippen molar-refractivity contribution in [1.82, 2.24) is 14.8 Å². The molecule has 1 N–H and O–H groups in total. The van der Waals surface area contributed by atoms with Gasteiger partial charge in [-0.25, -0.2) is 0 Å². The summed E-state index contributed by atoms with van der Waals surface area (Å²) in [4.78, 5) is 12.7. The summed E-state index contributed by atoms with van der Waals surface area (Å²) < 4.78 is 13.2. The van der Waals surface area contributed by atoms with Crippen molar-refractivity contribution in [3.8, 4) is 17.6 Å². The number of nitrogens with zero attached hydrogens (tertiary/aromatic N) is 4. The Morgan fingerprint density at radius 2 is 1.97 bits per heavy atom. The van der Waals surface area contributed by atoms with Gasteiger partial charge in [-0.3, -0.25) is 9.36 Å². The SMILES string of the molecule is C=CCn1c(SC(C)C(=O)Nc2ccc(C#N)cc2)nnc1C(C)Oc1cccc(OC)c1. The fraction of sp³-hybridized carbons (Fsp3) is 0.250. The van der Waals surface area contributed by atoms with Gasteiger partial charge in [-0.1, -0.05) is 23.9 Å². The maximum atomic E-state index is 12.7. The third kappa shape index (κ3) is 6.14. The average molecular weight is 464 g/mol. The summed E-state index contributed by atoms with van der Waals surface area (Å²) in [6.45, 7) is 7.98. The van der Waals surface area contributed by atoms with Crippen LogP contribution in [0.15, 0.2) is 66.3 Å². The number of methoxy groups -OCH3 is 1. The van der Waals surface area contributed by atoms with Gasteiger partial charge in [-0.05, 0) is 50.2 Å². The molecule has 1 heterocycles. The zero-order chi connectivity index (χ0) is 23.8. The van der Waals surface area contributed by atoms with Gasteiger partial charge in [0.1, 0.15) is 11.5 Å². The van der Waals surface area contributed by atoms with Crippen LogP contribution in [0.3, 0.4) is 0 Å². The smallest absolute Gasteiger partial charge is 0.237 e. The number of rotatable bonds is 10. The molecule has 2 unspecified atom stereocenters. The first-order valence-electron chi connectivity index (χ1n) is 10.3. The minimum atomic E-state index is -0.434. The Balaban J connectivity index is 1.71. The van der Waals surface area contributed by atoms with Crippen LogP contribution in [0.25, 0.3) is 0 Å². The summed E-state index contributed by atoms with van der Waals surface area (Å²) in [5.74, 6) is 1.80. The summed E-state index contributed by atoms with van der Waals surface area (Å²) >= 11 is 1.30. The first-order chi connectivity index (χ1) is 15.9. The summed E-state index contributed by atoms with van der Waals surface area (Å²) in [5, 5.41) is 20.5. The van der Waals surface area contributed by atoms with Crippen molar-refractivity contribution in [3.05, 3.63) is 72.6 Å². The van der Waals surface area contributed by atoms with Crippen LogP contribution >= 0.6 is 11.8 Å².